The lowest BCUT2D eigenvalue weighted by Crippen LogP contribution is -2.49. The summed E-state index contributed by atoms with van der Waals surface area (Å²) in [5.74, 6) is 0.399. The molecule has 6 heteroatoms. The average molecular weight is 626 g/mol. The van der Waals surface area contributed by atoms with Crippen LogP contribution >= 0.6 is 0 Å². The topological polar surface area (TPSA) is 44.8 Å². The summed E-state index contributed by atoms with van der Waals surface area (Å²) in [6.45, 7) is 26.9. The maximum Gasteiger partial charge on any atom is 0.410 e. The van der Waals surface area contributed by atoms with Crippen LogP contribution in [0.15, 0.2) is 36.7 Å². The zero-order valence-corrected chi connectivity index (χ0v) is 29.9. The molecule has 1 unspecified atom stereocenters. The molecule has 1 saturated heterocycles. The van der Waals surface area contributed by atoms with E-state index in [1.807, 2.05) is 32.6 Å². The summed E-state index contributed by atoms with van der Waals surface area (Å²) in [4.78, 5) is 17.5. The molecular formula is C39H64FN3O2. The molecule has 2 fully saturated rings. The molecule has 0 spiro atoms. The van der Waals surface area contributed by atoms with E-state index >= 15 is 4.39 Å². The number of amides is 1. The molecule has 1 saturated carbocycles. The molecule has 2 aliphatic rings. The maximum absolute atomic E-state index is 15.8. The van der Waals surface area contributed by atoms with E-state index in [0.29, 0.717) is 30.7 Å². The van der Waals surface area contributed by atoms with Crippen LogP contribution in [0.4, 0.5) is 14.9 Å². The van der Waals surface area contributed by atoms with Crippen LogP contribution < -0.4 is 10.2 Å². The van der Waals surface area contributed by atoms with Crippen molar-refractivity contribution in [1.29, 1.82) is 0 Å². The summed E-state index contributed by atoms with van der Waals surface area (Å²) in [7, 11) is 0. The molecule has 1 aromatic rings. The lowest BCUT2D eigenvalue weighted by Gasteiger charge is -2.43. The van der Waals surface area contributed by atoms with E-state index in [2.05, 4.69) is 57.1 Å². The molecule has 0 aromatic heterocycles. The van der Waals surface area contributed by atoms with Gasteiger partial charge in [-0.3, -0.25) is 0 Å². The summed E-state index contributed by atoms with van der Waals surface area (Å²) in [5, 5.41) is 3.79. The third kappa shape index (κ3) is 11.4. The number of rotatable bonds is 17. The molecule has 1 N–H and O–H groups in total. The standard InChI is InChI=1S/C39H64FN3O2/c1-11-13-15-16-17-31-24-37(36(40)22-28(31)5)43(35-19-20-35)30(7)33-23-32(25-42(26-33)38(44)45-39(8,9)10)29(6)41-34(18-14-12-2)21-27(3)4/h22,24,27,32-35,41H,6-7,11-21,23,25-26H2,1-5,8-10H3/t32-,33+,34?/m0/s1. The Kier molecular flexibility index (Phi) is 13.9. The van der Waals surface area contributed by atoms with Crippen molar-refractivity contribution in [3.8, 4) is 0 Å². The van der Waals surface area contributed by atoms with Crippen molar-refractivity contribution in [2.45, 2.75) is 150 Å². The second-order valence-electron chi connectivity index (χ2n) is 15.3. The first-order chi connectivity index (χ1) is 21.2. The van der Waals surface area contributed by atoms with Crippen molar-refractivity contribution in [3.05, 3.63) is 53.6 Å². The van der Waals surface area contributed by atoms with Gasteiger partial charge in [0.15, 0.2) is 0 Å². The third-order valence-electron chi connectivity index (χ3n) is 9.30. The lowest BCUT2D eigenvalue weighted by molar-refractivity contribution is 0.0135. The van der Waals surface area contributed by atoms with E-state index in [4.69, 9.17) is 4.74 Å². The molecule has 254 valence electrons. The van der Waals surface area contributed by atoms with Crippen LogP contribution in [0, 0.1) is 30.5 Å². The van der Waals surface area contributed by atoms with Gasteiger partial charge in [0.2, 0.25) is 0 Å². The Morgan fingerprint density at radius 3 is 2.33 bits per heavy atom. The molecule has 3 atom stereocenters. The fourth-order valence-corrected chi connectivity index (χ4v) is 6.73. The largest absolute Gasteiger partial charge is 0.444 e. The number of nitrogens with one attached hydrogen (secondary N) is 1. The highest BCUT2D eigenvalue weighted by molar-refractivity contribution is 5.68. The molecule has 0 radical (unpaired) electrons. The second kappa shape index (κ2) is 16.9. The fourth-order valence-electron chi connectivity index (χ4n) is 6.73. The summed E-state index contributed by atoms with van der Waals surface area (Å²) in [5.41, 5.74) is 4.16. The van der Waals surface area contributed by atoms with E-state index in [9.17, 15) is 4.79 Å². The minimum Gasteiger partial charge on any atom is -0.444 e. The number of benzene rings is 1. The number of carbonyl (C=O) groups is 1. The number of anilines is 1. The number of piperidine rings is 1. The van der Waals surface area contributed by atoms with Crippen LogP contribution in [0.3, 0.4) is 0 Å². The van der Waals surface area contributed by atoms with Gasteiger partial charge in [-0.15, -0.1) is 0 Å². The normalized spacial score (nSPS) is 19.4. The van der Waals surface area contributed by atoms with Crippen molar-refractivity contribution >= 4 is 11.8 Å². The molecular weight excluding hydrogens is 561 g/mol. The number of likely N-dealkylation sites (tertiary alicyclic amines) is 1. The van der Waals surface area contributed by atoms with E-state index in [1.54, 1.807) is 6.07 Å². The smallest absolute Gasteiger partial charge is 0.410 e. The zero-order valence-electron chi connectivity index (χ0n) is 29.9. The Morgan fingerprint density at radius 2 is 1.73 bits per heavy atom. The van der Waals surface area contributed by atoms with Crippen molar-refractivity contribution in [1.82, 2.24) is 10.2 Å². The van der Waals surface area contributed by atoms with Gasteiger partial charge in [-0.2, -0.15) is 0 Å². The molecule has 1 aliphatic heterocycles. The maximum atomic E-state index is 15.8. The van der Waals surface area contributed by atoms with Crippen LogP contribution in [0.5, 0.6) is 0 Å². The zero-order chi connectivity index (χ0) is 33.3. The number of hydrogen-bond acceptors (Lipinski definition) is 4. The first-order valence-corrected chi connectivity index (χ1v) is 17.9. The Hall–Kier alpha value is -2.50. The fraction of sp³-hybridized carbons (Fsp3) is 0.718. The van der Waals surface area contributed by atoms with Crippen molar-refractivity contribution < 1.29 is 13.9 Å². The van der Waals surface area contributed by atoms with Gasteiger partial charge in [0.05, 0.1) is 5.69 Å². The SMILES string of the molecule is C=C(NC(CCCC)CC(C)C)[C@H]1C[C@@H](C(=C)N(c2cc(CCCCCC)c(C)cc2F)C2CC2)CN(C(=O)OC(C)(C)C)C1. The molecule has 3 rings (SSSR count). The average Bonchev–Trinajstić information content (AvgIpc) is 3.79. The number of hydrogen-bond donors (Lipinski definition) is 1. The molecule has 1 aliphatic carbocycles. The lowest BCUT2D eigenvalue weighted by atomic mass is 9.84. The van der Waals surface area contributed by atoms with Gasteiger partial charge in [0, 0.05) is 48.4 Å². The molecule has 1 heterocycles. The number of ether oxygens (including phenoxy) is 1. The van der Waals surface area contributed by atoms with Gasteiger partial charge in [0.25, 0.3) is 0 Å². The van der Waals surface area contributed by atoms with Gasteiger partial charge < -0.3 is 19.9 Å². The van der Waals surface area contributed by atoms with Crippen LogP contribution in [0.25, 0.3) is 0 Å². The highest BCUT2D eigenvalue weighted by atomic mass is 19.1. The van der Waals surface area contributed by atoms with Gasteiger partial charge in [-0.1, -0.05) is 73.0 Å². The first kappa shape index (κ1) is 37.0. The number of unbranched alkanes of at least 4 members (excludes halogenated alkanes) is 4. The molecule has 1 aromatic carbocycles. The van der Waals surface area contributed by atoms with Crippen LogP contribution in [0.1, 0.15) is 130 Å². The van der Waals surface area contributed by atoms with Crippen LogP contribution in [-0.2, 0) is 11.2 Å². The Bertz CT molecular complexity index is 1140. The van der Waals surface area contributed by atoms with Crippen molar-refractivity contribution in [2.75, 3.05) is 18.0 Å². The second-order valence-corrected chi connectivity index (χ2v) is 15.3. The summed E-state index contributed by atoms with van der Waals surface area (Å²) >= 11 is 0. The van der Waals surface area contributed by atoms with Gasteiger partial charge >= 0.3 is 6.09 Å². The molecule has 45 heavy (non-hydrogen) atoms. The summed E-state index contributed by atoms with van der Waals surface area (Å²) < 4.78 is 21.7. The summed E-state index contributed by atoms with van der Waals surface area (Å²) in [6.07, 6.45) is 12.8. The molecule has 0 bridgehead atoms. The first-order valence-electron chi connectivity index (χ1n) is 17.9. The monoisotopic (exact) mass is 625 g/mol. The Balaban J connectivity index is 1.89. The minimum absolute atomic E-state index is 0.0386. The molecule has 5 nitrogen and oxygen atoms in total. The van der Waals surface area contributed by atoms with Crippen molar-refractivity contribution in [2.24, 2.45) is 17.8 Å². The Labute approximate surface area is 275 Å². The Morgan fingerprint density at radius 1 is 1.07 bits per heavy atom. The van der Waals surface area contributed by atoms with Gasteiger partial charge in [-0.05, 0) is 102 Å². The third-order valence-corrected chi connectivity index (χ3v) is 9.30. The predicted molar refractivity (Wildman–Crippen MR) is 188 cm³/mol. The predicted octanol–water partition coefficient (Wildman–Crippen LogP) is 10.3. The number of aryl methyl sites for hydroxylation is 2. The van der Waals surface area contributed by atoms with E-state index in [-0.39, 0.29) is 29.8 Å². The summed E-state index contributed by atoms with van der Waals surface area (Å²) in [6, 6.07) is 4.39. The molecule has 1 amide bonds. The van der Waals surface area contributed by atoms with Gasteiger partial charge in [-0.25, -0.2) is 9.18 Å². The quantitative estimate of drug-likeness (QED) is 0.175. The van der Waals surface area contributed by atoms with Crippen molar-refractivity contribution in [3.63, 3.8) is 0 Å². The number of carbonyl (C=O) groups excluding carboxylic acids is 1. The van der Waals surface area contributed by atoms with E-state index in [1.165, 1.54) is 31.2 Å². The highest BCUT2D eigenvalue weighted by Crippen LogP contribution is 2.42. The van der Waals surface area contributed by atoms with Crippen LogP contribution in [0.2, 0.25) is 0 Å². The van der Waals surface area contributed by atoms with Crippen LogP contribution in [-0.4, -0.2) is 41.8 Å². The number of halogens is 1. The minimum atomic E-state index is -0.590. The van der Waals surface area contributed by atoms with Gasteiger partial charge in [0.1, 0.15) is 11.4 Å². The van der Waals surface area contributed by atoms with E-state index in [0.717, 1.165) is 68.3 Å². The highest BCUT2D eigenvalue weighted by Gasteiger charge is 2.40. The number of nitrogens with zero attached hydrogens (tertiary/aromatic N) is 2. The van der Waals surface area contributed by atoms with E-state index < -0.39 is 5.60 Å².